The number of benzene rings is 6. The van der Waals surface area contributed by atoms with E-state index in [9.17, 15) is 14.4 Å². The summed E-state index contributed by atoms with van der Waals surface area (Å²) in [6.07, 6.45) is 38.0. The zero-order chi connectivity index (χ0) is 94.6. The molecule has 0 atom stereocenters. The highest BCUT2D eigenvalue weighted by atomic mass is 127. The van der Waals surface area contributed by atoms with E-state index >= 15 is 0 Å². The summed E-state index contributed by atoms with van der Waals surface area (Å²) in [6.45, 7) is 9.03. The second kappa shape index (κ2) is 47.9. The quantitative estimate of drug-likeness (QED) is 0.0265. The lowest BCUT2D eigenvalue weighted by Crippen LogP contribution is -2.47. The fourth-order valence-corrected chi connectivity index (χ4v) is 20.5. The zero-order valence-corrected chi connectivity index (χ0v) is 82.6. The number of nitrogens with zero attached hydrogens (tertiary/aromatic N) is 12. The van der Waals surface area contributed by atoms with Crippen molar-refractivity contribution in [3.63, 3.8) is 0 Å². The van der Waals surface area contributed by atoms with Crippen LogP contribution in [0.1, 0.15) is 290 Å². The number of rotatable bonds is 19. The maximum absolute atomic E-state index is 12.1. The van der Waals surface area contributed by atoms with E-state index in [2.05, 4.69) is 142 Å². The molecule has 33 heteroatoms. The highest BCUT2D eigenvalue weighted by Gasteiger charge is 2.41. The molecule has 0 saturated heterocycles. The summed E-state index contributed by atoms with van der Waals surface area (Å²) in [7, 11) is 0. The van der Waals surface area contributed by atoms with Crippen molar-refractivity contribution >= 4 is 139 Å². The van der Waals surface area contributed by atoms with Crippen LogP contribution in [0, 0.1) is 10.5 Å². The predicted molar refractivity (Wildman–Crippen MR) is 554 cm³/mol. The minimum absolute atomic E-state index is 0.0530. The lowest BCUT2D eigenvalue weighted by molar-refractivity contribution is 0.0501. The average molecular weight is 2020 g/mol. The number of amidine groups is 6. The Hall–Kier alpha value is -11.1. The Morgan fingerprint density at radius 1 is 0.366 bits per heavy atom. The monoisotopic (exact) mass is 2020 g/mol. The molecule has 6 saturated carbocycles. The van der Waals surface area contributed by atoms with Crippen LogP contribution in [0.25, 0.3) is 0 Å². The zero-order valence-electron chi connectivity index (χ0n) is 78.1. The molecule has 6 aliphatic carbocycles. The number of esters is 2. The van der Waals surface area contributed by atoms with E-state index in [0.717, 1.165) is 207 Å². The standard InChI is InChI=1S/2C19H26N4O2.C18H25N5O.C15H19BrN4.C15H19ClN4.C15H19IN4/c1-3-25-17(24)15-11-14(8-7-13(15)2)12-16-21-18(20)23-19(22-16)9-5-4-6-10-19;1-2-11-25-17(24)15-8-6-7-14(12-15)13-16-21-18(20)23-19(22-16)9-4-3-5-10-19;1-2-20-16(24)14-8-6-7-13(11-14)12-15-21-17(19)23-18(22-15)9-4-3-5-10-18;3*16-12-6-4-5-11(9-12)10-13-18-14(17)20-15(19-13)7-2-1-3-8-15/h7-8,11H,3-6,9-10,12H2,1-2H3,(H3,20,21,22,23);6-8,12H,2-5,9-11,13H2,1H3,(H3,20,21,22,23);6-8,11H,2-5,9-10,12H2,1H3,(H,20,24)(H3,19,21,22,23);3*4-6,9H,1-3,7-8,10H2,(H3,17,18,19,20). The van der Waals surface area contributed by atoms with E-state index in [4.69, 9.17) is 85.4 Å². The molecule has 1 amide bonds. The predicted octanol–water partition coefficient (Wildman–Crippen LogP) is 16.1. The molecule has 6 aromatic rings. The van der Waals surface area contributed by atoms with Gasteiger partial charge in [-0.1, -0.05) is 146 Å². The van der Waals surface area contributed by atoms with E-state index < -0.39 is 5.66 Å². The fraction of sp³-hybridized carbons (Fsp3) is 0.495. The van der Waals surface area contributed by atoms with Crippen LogP contribution in [0.15, 0.2) is 204 Å². The number of carbonyl (C=O) groups is 3. The smallest absolute Gasteiger partial charge is 0.338 e. The molecule has 0 unspecified atom stereocenters. The first kappa shape index (κ1) is 100. The molecule has 6 fully saturated rings. The average Bonchev–Trinajstić information content (AvgIpc) is 0.819. The van der Waals surface area contributed by atoms with Crippen molar-refractivity contribution in [2.45, 2.75) is 299 Å². The third kappa shape index (κ3) is 29.7. The second-order valence-electron chi connectivity index (χ2n) is 36.6. The minimum Gasteiger partial charge on any atom is -0.462 e. The van der Waals surface area contributed by atoms with E-state index in [1.54, 1.807) is 6.07 Å². The number of guanidine groups is 6. The Balaban J connectivity index is 0.000000137. The Kier molecular flexibility index (Phi) is 35.8. The van der Waals surface area contributed by atoms with Crippen molar-refractivity contribution < 1.29 is 23.9 Å². The van der Waals surface area contributed by atoms with Gasteiger partial charge in [0.25, 0.3) is 5.91 Å². The van der Waals surface area contributed by atoms with Crippen LogP contribution in [0.4, 0.5) is 0 Å². The van der Waals surface area contributed by atoms with Crippen molar-refractivity contribution in [3.8, 4) is 0 Å². The minimum atomic E-state index is -0.391. The van der Waals surface area contributed by atoms with Gasteiger partial charge in [-0.15, -0.1) is 0 Å². The lowest BCUT2D eigenvalue weighted by Gasteiger charge is -2.34. The molecule has 19 N–H and O–H groups in total. The molecule has 0 radical (unpaired) electrons. The molecule has 6 aromatic carbocycles. The number of ether oxygens (including phenoxy) is 2. The molecule has 0 aromatic heterocycles. The molecule has 6 spiro atoms. The third-order valence-electron chi connectivity index (χ3n) is 25.4. The second-order valence-corrected chi connectivity index (χ2v) is 39.2. The van der Waals surface area contributed by atoms with Gasteiger partial charge in [0.2, 0.25) is 0 Å². The van der Waals surface area contributed by atoms with Gasteiger partial charge in [0.1, 0.15) is 35.0 Å². The number of hydrogen-bond donors (Lipinski definition) is 13. The van der Waals surface area contributed by atoms with Crippen molar-refractivity contribution in [1.82, 2.24) is 37.2 Å². The summed E-state index contributed by atoms with van der Waals surface area (Å²) in [5.41, 5.74) is 43.2. The Morgan fingerprint density at radius 2 is 0.672 bits per heavy atom. The van der Waals surface area contributed by atoms with Gasteiger partial charge in [0.05, 0.1) is 24.3 Å². The van der Waals surface area contributed by atoms with Gasteiger partial charge >= 0.3 is 11.9 Å². The van der Waals surface area contributed by atoms with Crippen LogP contribution in [-0.2, 0) is 48.0 Å². The van der Waals surface area contributed by atoms with Crippen molar-refractivity contribution in [1.29, 1.82) is 0 Å². The van der Waals surface area contributed by atoms with E-state index in [-0.39, 0.29) is 46.2 Å². The van der Waals surface area contributed by atoms with Crippen LogP contribution in [0.5, 0.6) is 0 Å². The number of amides is 1. The molecule has 30 nitrogen and oxygen atoms in total. The van der Waals surface area contributed by atoms with Gasteiger partial charge in [-0.25, -0.2) is 69.5 Å². The van der Waals surface area contributed by atoms with Crippen LogP contribution >= 0.6 is 50.1 Å². The number of carbonyl (C=O) groups excluding carboxylic acids is 3. The molecule has 6 heterocycles. The topological polar surface area (TPSA) is 458 Å². The number of hydrogen-bond acceptors (Lipinski definition) is 29. The van der Waals surface area contributed by atoms with Gasteiger partial charge in [-0.3, -0.25) is 4.79 Å². The van der Waals surface area contributed by atoms with Crippen LogP contribution in [0.2, 0.25) is 5.02 Å². The van der Waals surface area contributed by atoms with Crippen molar-refractivity contribution in [2.75, 3.05) is 19.8 Å². The molecular formula is C101H134BrClIN25O5. The van der Waals surface area contributed by atoms with E-state index in [1.165, 1.54) is 91.7 Å². The van der Waals surface area contributed by atoms with Gasteiger partial charge in [0, 0.05) is 63.7 Å². The number of aryl methyl sites for hydroxylation is 1. The maximum atomic E-state index is 12.1. The summed E-state index contributed by atoms with van der Waals surface area (Å²) in [5, 5.41) is 22.2. The first-order chi connectivity index (χ1) is 64.7. The first-order valence-corrected chi connectivity index (χ1v) is 50.3. The molecule has 18 rings (SSSR count). The Morgan fingerprint density at radius 3 is 1.00 bits per heavy atom. The van der Waals surface area contributed by atoms with E-state index in [1.807, 2.05) is 125 Å². The third-order valence-corrected chi connectivity index (χ3v) is 26.8. The van der Waals surface area contributed by atoms with Crippen LogP contribution in [0.3, 0.4) is 0 Å². The molecular weight excluding hydrogens is 1890 g/mol. The molecule has 0 bridgehead atoms. The Bertz CT molecular complexity index is 5250. The summed E-state index contributed by atoms with van der Waals surface area (Å²) in [6, 6.07) is 45.5. The molecule has 12 aliphatic rings. The van der Waals surface area contributed by atoms with Gasteiger partial charge in [0.15, 0.2) is 69.7 Å². The number of aliphatic imine (C=N–C) groups is 12. The van der Waals surface area contributed by atoms with Crippen molar-refractivity contribution in [2.24, 2.45) is 94.3 Å². The summed E-state index contributed by atoms with van der Waals surface area (Å²) >= 11 is 11.9. The summed E-state index contributed by atoms with van der Waals surface area (Å²) < 4.78 is 12.7. The highest BCUT2D eigenvalue weighted by molar-refractivity contribution is 14.1. The summed E-state index contributed by atoms with van der Waals surface area (Å²) in [5.74, 6) is 7.42. The normalized spacial score (nSPS) is 19.9. The molecule has 6 aliphatic heterocycles. The van der Waals surface area contributed by atoms with Crippen LogP contribution < -0.4 is 71.6 Å². The maximum Gasteiger partial charge on any atom is 0.338 e. The highest BCUT2D eigenvalue weighted by Crippen LogP contribution is 2.41. The molecule has 714 valence electrons. The molecule has 134 heavy (non-hydrogen) atoms. The van der Waals surface area contributed by atoms with Gasteiger partial charge < -0.3 is 81.1 Å². The lowest BCUT2D eigenvalue weighted by atomic mass is 9.89. The number of nitrogens with one attached hydrogen (secondary N) is 7. The van der Waals surface area contributed by atoms with Crippen LogP contribution in [-0.4, -0.2) is 142 Å². The Labute approximate surface area is 815 Å². The fourth-order valence-electron chi connectivity index (χ4n) is 19.3. The number of halogens is 3. The number of nitrogens with two attached hydrogens (primary N) is 6. The SMILES string of the molecule is CCCOC(=O)c1cccc(CC2=NC3(CCCCC3)N=C(N)N2)c1.CCNC(=O)c1cccc(CC2=NC3(CCCCC3)N=C(N)N2)c1.CCOC(=O)c1cc(CC2=NC3(CCCCC3)N=C(N)N2)ccc1C.NC1=NC2(CCCCC2)N=C(Cc2cccc(Br)c2)N1.NC1=NC2(CCCCC2)N=C(Cc2cccc(Cl)c2)N1.NC1=NC2(CCCCC2)N=C(Cc2cccc(I)c2)N1. The van der Waals surface area contributed by atoms with Gasteiger partial charge in [-0.05, 0) is 310 Å². The largest absolute Gasteiger partial charge is 0.462 e. The van der Waals surface area contributed by atoms with Gasteiger partial charge in [-0.2, -0.15) is 0 Å². The van der Waals surface area contributed by atoms with Crippen molar-refractivity contribution in [3.05, 3.63) is 208 Å². The van der Waals surface area contributed by atoms with E-state index in [0.29, 0.717) is 97.9 Å². The first-order valence-electron chi connectivity index (χ1n) is 48.1. The summed E-state index contributed by atoms with van der Waals surface area (Å²) in [4.78, 5) is 92.7.